The van der Waals surface area contributed by atoms with E-state index >= 15 is 0 Å². The molecule has 2 bridgehead atoms. The Labute approximate surface area is 185 Å². The number of benzene rings is 1. The lowest BCUT2D eigenvalue weighted by Gasteiger charge is -2.43. The molecule has 2 unspecified atom stereocenters. The van der Waals surface area contributed by atoms with Crippen molar-refractivity contribution >= 4 is 24.6 Å². The highest BCUT2D eigenvalue weighted by atomic mass is 32.1. The van der Waals surface area contributed by atoms with Gasteiger partial charge in [0.05, 0.1) is 0 Å². The molecule has 1 aromatic rings. The number of nitrogens with one attached hydrogen (secondary N) is 2. The predicted octanol–water partition coefficient (Wildman–Crippen LogP) is 3.20. The van der Waals surface area contributed by atoms with E-state index in [1.807, 2.05) is 25.1 Å². The third-order valence-electron chi connectivity index (χ3n) is 7.45. The van der Waals surface area contributed by atoms with Crippen molar-refractivity contribution in [1.82, 2.24) is 15.5 Å². The molecule has 4 N–H and O–H groups in total. The lowest BCUT2D eigenvalue weighted by atomic mass is 9.68. The van der Waals surface area contributed by atoms with Crippen LogP contribution in [0.15, 0.2) is 23.1 Å². The van der Waals surface area contributed by atoms with Crippen LogP contribution in [0.3, 0.4) is 0 Å². The van der Waals surface area contributed by atoms with Crippen LogP contribution in [0.2, 0.25) is 0 Å². The Morgan fingerprint density at radius 1 is 1.23 bits per heavy atom. The molecule has 3 aliphatic rings. The highest BCUT2D eigenvalue weighted by molar-refractivity contribution is 7.80. The summed E-state index contributed by atoms with van der Waals surface area (Å²) in [5.74, 6) is 0.781. The number of nitrogens with two attached hydrogens (primary N) is 1. The summed E-state index contributed by atoms with van der Waals surface area (Å²) in [5, 5.41) is 6.45. The van der Waals surface area contributed by atoms with Crippen LogP contribution in [0.1, 0.15) is 56.0 Å². The van der Waals surface area contributed by atoms with Gasteiger partial charge in [0.25, 0.3) is 5.91 Å². The van der Waals surface area contributed by atoms with Crippen LogP contribution in [0.25, 0.3) is 0 Å². The SMILES string of the molecule is Cc1ccc(C(=O)NC2C(C)(C)C3CC[C@]2(C)C3)cc1S.NC(=O)N1CCNCC1. The number of fused-ring (bicyclic) bond motifs is 2. The van der Waals surface area contributed by atoms with Crippen molar-refractivity contribution in [3.63, 3.8) is 0 Å². The zero-order valence-electron chi connectivity index (χ0n) is 18.6. The summed E-state index contributed by atoms with van der Waals surface area (Å²) in [6.07, 6.45) is 3.79. The Hall–Kier alpha value is -1.73. The number of carbonyl (C=O) groups excluding carboxylic acids is 2. The normalized spacial score (nSPS) is 29.2. The molecule has 30 heavy (non-hydrogen) atoms. The third-order valence-corrected chi connectivity index (χ3v) is 7.93. The summed E-state index contributed by atoms with van der Waals surface area (Å²) in [7, 11) is 0. The Bertz CT molecular complexity index is 802. The molecule has 0 radical (unpaired) electrons. The fourth-order valence-electron chi connectivity index (χ4n) is 5.51. The molecular weight excluding hydrogens is 396 g/mol. The van der Waals surface area contributed by atoms with Crippen LogP contribution in [0.4, 0.5) is 4.79 Å². The number of hydrogen-bond donors (Lipinski definition) is 4. The van der Waals surface area contributed by atoms with Crippen LogP contribution < -0.4 is 16.4 Å². The number of carbonyl (C=O) groups is 2. The molecule has 7 heteroatoms. The first-order valence-electron chi connectivity index (χ1n) is 10.9. The molecule has 6 nitrogen and oxygen atoms in total. The second-order valence-corrected chi connectivity index (χ2v) is 10.4. The van der Waals surface area contributed by atoms with Crippen LogP contribution in [-0.2, 0) is 0 Å². The maximum absolute atomic E-state index is 12.6. The second-order valence-electron chi connectivity index (χ2n) is 9.90. The van der Waals surface area contributed by atoms with E-state index < -0.39 is 0 Å². The van der Waals surface area contributed by atoms with Gasteiger partial charge in [-0.15, -0.1) is 12.6 Å². The number of rotatable bonds is 2. The van der Waals surface area contributed by atoms with Gasteiger partial charge in [0, 0.05) is 42.7 Å². The molecule has 3 amide bonds. The molecule has 2 aliphatic carbocycles. The first-order valence-corrected chi connectivity index (χ1v) is 11.3. The molecule has 1 saturated heterocycles. The molecule has 1 aliphatic heterocycles. The summed E-state index contributed by atoms with van der Waals surface area (Å²) < 4.78 is 0. The van der Waals surface area contributed by atoms with E-state index in [0.29, 0.717) is 5.56 Å². The van der Waals surface area contributed by atoms with Crippen molar-refractivity contribution in [2.45, 2.75) is 57.9 Å². The summed E-state index contributed by atoms with van der Waals surface area (Å²) in [6.45, 7) is 12.2. The maximum Gasteiger partial charge on any atom is 0.314 e. The van der Waals surface area contributed by atoms with Crippen LogP contribution in [0, 0.1) is 23.7 Å². The summed E-state index contributed by atoms with van der Waals surface area (Å²) >= 11 is 4.42. The quantitative estimate of drug-likeness (QED) is 0.541. The van der Waals surface area contributed by atoms with Gasteiger partial charge in [0.15, 0.2) is 0 Å². The fourth-order valence-corrected chi connectivity index (χ4v) is 5.73. The number of nitrogens with zero attached hydrogens (tertiary/aromatic N) is 1. The van der Waals surface area contributed by atoms with Gasteiger partial charge in [-0.25, -0.2) is 4.79 Å². The lowest BCUT2D eigenvalue weighted by molar-refractivity contribution is 0.0737. The van der Waals surface area contributed by atoms with Crippen molar-refractivity contribution in [2.75, 3.05) is 26.2 Å². The van der Waals surface area contributed by atoms with E-state index in [9.17, 15) is 9.59 Å². The Balaban J connectivity index is 0.000000239. The van der Waals surface area contributed by atoms with Crippen molar-refractivity contribution in [2.24, 2.45) is 22.5 Å². The molecule has 1 heterocycles. The highest BCUT2D eigenvalue weighted by Gasteiger charge is 2.59. The van der Waals surface area contributed by atoms with E-state index in [4.69, 9.17) is 5.73 Å². The number of urea groups is 1. The predicted molar refractivity (Wildman–Crippen MR) is 123 cm³/mol. The monoisotopic (exact) mass is 432 g/mol. The molecule has 0 spiro atoms. The summed E-state index contributed by atoms with van der Waals surface area (Å²) in [5.41, 5.74) is 7.29. The first-order chi connectivity index (χ1) is 14.0. The Kier molecular flexibility index (Phi) is 6.72. The van der Waals surface area contributed by atoms with E-state index in [1.54, 1.807) is 4.90 Å². The molecule has 3 fully saturated rings. The molecule has 4 rings (SSSR count). The molecule has 2 saturated carbocycles. The smallest absolute Gasteiger partial charge is 0.314 e. The van der Waals surface area contributed by atoms with Crippen molar-refractivity contribution in [1.29, 1.82) is 0 Å². The van der Waals surface area contributed by atoms with Gasteiger partial charge in [-0.05, 0) is 60.6 Å². The zero-order valence-corrected chi connectivity index (χ0v) is 19.5. The van der Waals surface area contributed by atoms with Gasteiger partial charge in [-0.2, -0.15) is 0 Å². The average molecular weight is 433 g/mol. The van der Waals surface area contributed by atoms with Crippen molar-refractivity contribution in [3.05, 3.63) is 29.3 Å². The highest BCUT2D eigenvalue weighted by Crippen LogP contribution is 2.62. The molecule has 1 aromatic carbocycles. The number of hydrogen-bond acceptors (Lipinski definition) is 4. The Morgan fingerprint density at radius 2 is 1.90 bits per heavy atom. The molecule has 3 atom stereocenters. The van der Waals surface area contributed by atoms with Gasteiger partial charge < -0.3 is 21.3 Å². The van der Waals surface area contributed by atoms with Gasteiger partial charge in [-0.1, -0.05) is 26.8 Å². The van der Waals surface area contributed by atoms with Crippen LogP contribution >= 0.6 is 12.6 Å². The number of thiol groups is 1. The third kappa shape index (κ3) is 4.62. The number of piperazine rings is 1. The minimum absolute atomic E-state index is 0.0390. The van der Waals surface area contributed by atoms with E-state index in [-0.39, 0.29) is 28.8 Å². The topological polar surface area (TPSA) is 87.5 Å². The van der Waals surface area contributed by atoms with Crippen LogP contribution in [0.5, 0.6) is 0 Å². The molecule has 166 valence electrons. The number of aryl methyl sites for hydroxylation is 1. The van der Waals surface area contributed by atoms with E-state index in [1.165, 1.54) is 19.3 Å². The standard InChI is InChI=1S/C18H25NOS.C5H11N3O/c1-11-5-6-12(9-14(11)21)15(20)19-16-17(2,3)13-7-8-18(16,4)10-13;6-5(9)8-3-1-7-2-4-8/h5-6,9,13,16,21H,7-8,10H2,1-4H3,(H,19,20);7H,1-4H2,(H2,6,9)/t13?,16?,18-;/m1./s1. The van der Waals surface area contributed by atoms with E-state index in [2.05, 4.69) is 44.0 Å². The number of primary amides is 1. The van der Waals surface area contributed by atoms with Crippen molar-refractivity contribution in [3.8, 4) is 0 Å². The zero-order chi connectivity index (χ0) is 22.1. The average Bonchev–Trinajstić information content (AvgIpc) is 3.19. The summed E-state index contributed by atoms with van der Waals surface area (Å²) in [4.78, 5) is 25.6. The minimum atomic E-state index is -0.309. The molecular formula is C23H36N4O2S. The van der Waals surface area contributed by atoms with Gasteiger partial charge in [-0.3, -0.25) is 4.79 Å². The van der Waals surface area contributed by atoms with Crippen molar-refractivity contribution < 1.29 is 9.59 Å². The summed E-state index contributed by atoms with van der Waals surface area (Å²) in [6, 6.07) is 5.69. The minimum Gasteiger partial charge on any atom is -0.351 e. The lowest BCUT2D eigenvalue weighted by Crippen LogP contribution is -2.52. The number of amides is 3. The first kappa shape index (κ1) is 22.9. The van der Waals surface area contributed by atoms with Gasteiger partial charge in [0.2, 0.25) is 0 Å². The van der Waals surface area contributed by atoms with Gasteiger partial charge >= 0.3 is 6.03 Å². The van der Waals surface area contributed by atoms with Gasteiger partial charge in [0.1, 0.15) is 0 Å². The maximum atomic E-state index is 12.6. The molecule has 0 aromatic heterocycles. The largest absolute Gasteiger partial charge is 0.351 e. The Morgan fingerprint density at radius 3 is 2.40 bits per heavy atom. The van der Waals surface area contributed by atoms with Crippen LogP contribution in [-0.4, -0.2) is 49.1 Å². The fraction of sp³-hybridized carbons (Fsp3) is 0.652. The van der Waals surface area contributed by atoms with E-state index in [0.717, 1.165) is 42.6 Å². The second kappa shape index (κ2) is 8.79.